The Balaban J connectivity index is 1.44. The van der Waals surface area contributed by atoms with Crippen LogP contribution < -0.4 is 5.32 Å². The zero-order valence-electron chi connectivity index (χ0n) is 20.5. The van der Waals surface area contributed by atoms with Crippen LogP contribution >= 0.6 is 0 Å². The minimum atomic E-state index is -0.180. The molecule has 0 aliphatic heterocycles. The van der Waals surface area contributed by atoms with Gasteiger partial charge in [-0.1, -0.05) is 72.8 Å². The van der Waals surface area contributed by atoms with Crippen molar-refractivity contribution in [2.75, 3.05) is 5.32 Å². The maximum Gasteiger partial charge on any atom is 0.223 e. The summed E-state index contributed by atoms with van der Waals surface area (Å²) in [5.74, 6) is 0.481. The van der Waals surface area contributed by atoms with E-state index in [1.807, 2.05) is 96.8 Å². The summed E-state index contributed by atoms with van der Waals surface area (Å²) in [4.78, 5) is 28.4. The Hall–Kier alpha value is -4.33. The molecule has 184 valence electrons. The van der Waals surface area contributed by atoms with Gasteiger partial charge in [0.05, 0.1) is 12.6 Å². The first kappa shape index (κ1) is 24.8. The molecule has 36 heavy (non-hydrogen) atoms. The molecule has 0 bridgehead atoms. The van der Waals surface area contributed by atoms with Crippen molar-refractivity contribution in [3.05, 3.63) is 96.1 Å². The van der Waals surface area contributed by atoms with Gasteiger partial charge in [-0.3, -0.25) is 9.59 Å². The zero-order valence-corrected chi connectivity index (χ0v) is 20.5. The number of carbonyl (C=O) groups excluding carboxylic acids is 2. The van der Waals surface area contributed by atoms with Crippen LogP contribution in [0.5, 0.6) is 0 Å². The molecular formula is C28H30N6O2. The van der Waals surface area contributed by atoms with E-state index in [2.05, 4.69) is 20.7 Å². The van der Waals surface area contributed by atoms with Crippen LogP contribution in [0.3, 0.4) is 0 Å². The van der Waals surface area contributed by atoms with Crippen LogP contribution in [0.1, 0.15) is 43.9 Å². The fraction of sp³-hybridized carbons (Fsp3) is 0.250. The lowest BCUT2D eigenvalue weighted by Crippen LogP contribution is -2.33. The van der Waals surface area contributed by atoms with Gasteiger partial charge in [0.1, 0.15) is 0 Å². The summed E-state index contributed by atoms with van der Waals surface area (Å²) < 4.78 is 0. The molecule has 2 amide bonds. The molecule has 0 spiro atoms. The fourth-order valence-electron chi connectivity index (χ4n) is 4.04. The number of carbonyl (C=O) groups is 2. The third-order valence-electron chi connectivity index (χ3n) is 5.91. The van der Waals surface area contributed by atoms with E-state index in [1.165, 1.54) is 11.7 Å². The van der Waals surface area contributed by atoms with E-state index in [0.717, 1.165) is 16.7 Å². The van der Waals surface area contributed by atoms with Crippen LogP contribution in [0.15, 0.2) is 84.9 Å². The number of nitrogens with one attached hydrogen (secondary N) is 1. The molecule has 1 aromatic heterocycles. The molecule has 4 aromatic rings. The first-order valence-electron chi connectivity index (χ1n) is 12.0. The summed E-state index contributed by atoms with van der Waals surface area (Å²) in [5, 5.41) is 15.5. The number of tetrazole rings is 1. The molecule has 0 aliphatic rings. The monoisotopic (exact) mass is 482 g/mol. The Morgan fingerprint density at radius 1 is 0.972 bits per heavy atom. The zero-order chi connectivity index (χ0) is 25.3. The van der Waals surface area contributed by atoms with E-state index >= 15 is 0 Å². The molecule has 0 aliphatic carbocycles. The number of benzene rings is 3. The minimum Gasteiger partial charge on any atom is -0.332 e. The summed E-state index contributed by atoms with van der Waals surface area (Å²) >= 11 is 0. The van der Waals surface area contributed by atoms with Crippen LogP contribution in [0.25, 0.3) is 11.4 Å². The number of nitrogens with zero attached hydrogens (tertiary/aromatic N) is 5. The van der Waals surface area contributed by atoms with Crippen molar-refractivity contribution >= 4 is 17.5 Å². The van der Waals surface area contributed by atoms with Crippen LogP contribution in [0.2, 0.25) is 0 Å². The van der Waals surface area contributed by atoms with Gasteiger partial charge in [-0.05, 0) is 41.8 Å². The quantitative estimate of drug-likeness (QED) is 0.348. The predicted octanol–water partition coefficient (Wildman–Crippen LogP) is 4.87. The van der Waals surface area contributed by atoms with Gasteiger partial charge in [-0.25, -0.2) is 0 Å². The second kappa shape index (κ2) is 11.9. The Labute approximate surface area is 211 Å². The molecule has 0 saturated heterocycles. The maximum atomic E-state index is 13.4. The number of rotatable bonds is 10. The molecule has 1 unspecified atom stereocenters. The molecule has 3 aromatic carbocycles. The predicted molar refractivity (Wildman–Crippen MR) is 139 cm³/mol. The van der Waals surface area contributed by atoms with Gasteiger partial charge in [0.25, 0.3) is 0 Å². The Morgan fingerprint density at radius 2 is 1.69 bits per heavy atom. The van der Waals surface area contributed by atoms with E-state index in [4.69, 9.17) is 0 Å². The van der Waals surface area contributed by atoms with Crippen LogP contribution in [-0.2, 0) is 22.7 Å². The first-order valence-corrected chi connectivity index (χ1v) is 12.0. The number of aryl methyl sites for hydroxylation is 1. The van der Waals surface area contributed by atoms with E-state index in [1.54, 1.807) is 0 Å². The lowest BCUT2D eigenvalue weighted by Gasteiger charge is -2.30. The third kappa shape index (κ3) is 6.63. The van der Waals surface area contributed by atoms with Gasteiger partial charge < -0.3 is 10.2 Å². The Kier molecular flexibility index (Phi) is 8.18. The highest BCUT2D eigenvalue weighted by atomic mass is 16.2. The molecule has 0 fully saturated rings. The highest BCUT2D eigenvalue weighted by molar-refractivity contribution is 5.88. The Bertz CT molecular complexity index is 1290. The summed E-state index contributed by atoms with van der Waals surface area (Å²) in [5.41, 5.74) is 3.63. The van der Waals surface area contributed by atoms with Crippen molar-refractivity contribution in [3.8, 4) is 11.4 Å². The topological polar surface area (TPSA) is 93.0 Å². The van der Waals surface area contributed by atoms with Crippen molar-refractivity contribution in [2.45, 2.75) is 45.8 Å². The van der Waals surface area contributed by atoms with E-state index in [-0.39, 0.29) is 17.9 Å². The SMILES string of the molecule is CC(=O)Nc1cccc(C(C)N(Cc2ccccc2)C(=O)CCCn2nnc(-c3ccccc3)n2)c1. The molecular weight excluding hydrogens is 452 g/mol. The molecule has 8 heteroatoms. The van der Waals surface area contributed by atoms with Crippen LogP contribution in [-0.4, -0.2) is 36.9 Å². The molecule has 0 radical (unpaired) electrons. The van der Waals surface area contributed by atoms with Crippen molar-refractivity contribution in [1.82, 2.24) is 25.1 Å². The standard InChI is InChI=1S/C28H30N6O2/c1-21(25-15-9-16-26(19-25)29-22(2)35)33(20-23-11-5-3-6-12-23)27(36)17-10-18-34-31-28(30-32-34)24-13-7-4-8-14-24/h3-9,11-16,19,21H,10,17-18,20H2,1-2H3,(H,29,35). The van der Waals surface area contributed by atoms with Crippen LogP contribution in [0, 0.1) is 0 Å². The average molecular weight is 483 g/mol. The van der Waals surface area contributed by atoms with E-state index < -0.39 is 0 Å². The maximum absolute atomic E-state index is 13.4. The lowest BCUT2D eigenvalue weighted by molar-refractivity contribution is -0.134. The summed E-state index contributed by atoms with van der Waals surface area (Å²) in [6, 6.07) is 27.1. The summed E-state index contributed by atoms with van der Waals surface area (Å²) in [6.45, 7) is 4.48. The Morgan fingerprint density at radius 3 is 2.42 bits per heavy atom. The van der Waals surface area contributed by atoms with Gasteiger partial charge in [0, 0.05) is 31.1 Å². The van der Waals surface area contributed by atoms with E-state index in [9.17, 15) is 9.59 Å². The van der Waals surface area contributed by atoms with Crippen molar-refractivity contribution in [1.29, 1.82) is 0 Å². The van der Waals surface area contributed by atoms with Crippen LogP contribution in [0.4, 0.5) is 5.69 Å². The van der Waals surface area contributed by atoms with Gasteiger partial charge in [-0.15, -0.1) is 10.2 Å². The number of hydrogen-bond acceptors (Lipinski definition) is 5. The average Bonchev–Trinajstić information content (AvgIpc) is 3.37. The molecule has 1 N–H and O–H groups in total. The normalized spacial score (nSPS) is 11.6. The minimum absolute atomic E-state index is 0.0414. The molecule has 4 rings (SSSR count). The molecule has 0 saturated carbocycles. The third-order valence-corrected chi connectivity index (χ3v) is 5.91. The molecule has 8 nitrogen and oxygen atoms in total. The molecule has 1 heterocycles. The summed E-state index contributed by atoms with van der Waals surface area (Å²) in [7, 11) is 0. The summed E-state index contributed by atoms with van der Waals surface area (Å²) in [6.07, 6.45) is 0.943. The van der Waals surface area contributed by atoms with Gasteiger partial charge in [-0.2, -0.15) is 4.80 Å². The smallest absolute Gasteiger partial charge is 0.223 e. The van der Waals surface area contributed by atoms with Crippen molar-refractivity contribution in [3.63, 3.8) is 0 Å². The second-order valence-corrected chi connectivity index (χ2v) is 8.67. The van der Waals surface area contributed by atoms with Crippen molar-refractivity contribution in [2.24, 2.45) is 0 Å². The highest BCUT2D eigenvalue weighted by Crippen LogP contribution is 2.26. The first-order chi connectivity index (χ1) is 17.5. The number of aromatic nitrogens is 4. The van der Waals surface area contributed by atoms with Gasteiger partial charge in [0.2, 0.25) is 17.6 Å². The number of hydrogen-bond donors (Lipinski definition) is 1. The van der Waals surface area contributed by atoms with Crippen molar-refractivity contribution < 1.29 is 9.59 Å². The highest BCUT2D eigenvalue weighted by Gasteiger charge is 2.22. The largest absolute Gasteiger partial charge is 0.332 e. The van der Waals surface area contributed by atoms with E-state index in [0.29, 0.717) is 37.4 Å². The van der Waals surface area contributed by atoms with Gasteiger partial charge in [0.15, 0.2) is 0 Å². The lowest BCUT2D eigenvalue weighted by atomic mass is 10.0. The number of amides is 2. The number of anilines is 1. The fourth-order valence-corrected chi connectivity index (χ4v) is 4.04. The van der Waals surface area contributed by atoms with Gasteiger partial charge >= 0.3 is 0 Å². The molecule has 1 atom stereocenters. The second-order valence-electron chi connectivity index (χ2n) is 8.67.